The number of carbonyl (C=O) groups is 6. The summed E-state index contributed by atoms with van der Waals surface area (Å²) >= 11 is 15.2. The van der Waals surface area contributed by atoms with Crippen LogP contribution in [0.5, 0.6) is 40.2 Å². The highest BCUT2D eigenvalue weighted by atomic mass is 35.5. The number of aliphatic carboxylic acids is 1. The molecule has 0 unspecified atom stereocenters. The highest BCUT2D eigenvalue weighted by Crippen LogP contribution is 2.40. The molecule has 0 aliphatic rings. The maximum atomic E-state index is 14.2. The molecule has 0 aliphatic carbocycles. The maximum Gasteiger partial charge on any atom is 0.310 e. The van der Waals surface area contributed by atoms with Crippen molar-refractivity contribution in [3.8, 4) is 40.2 Å². The maximum absolute atomic E-state index is 14.2. The Morgan fingerprint density at radius 1 is 0.391 bits per heavy atom. The molecule has 0 saturated heterocycles. The molecule has 25 nitrogen and oxygen atoms in total. The molecule has 0 spiro atoms. The van der Waals surface area contributed by atoms with Gasteiger partial charge in [0.05, 0.1) is 130 Å². The van der Waals surface area contributed by atoms with Crippen LogP contribution in [0.2, 0.25) is 10.0 Å². The molecule has 0 aliphatic heterocycles. The number of halogens is 5. The summed E-state index contributed by atoms with van der Waals surface area (Å²) in [6, 6.07) is 57.1. The number of benzene rings is 9. The van der Waals surface area contributed by atoms with Gasteiger partial charge in [0.25, 0.3) is 5.91 Å². The van der Waals surface area contributed by atoms with E-state index in [0.29, 0.717) is 78.6 Å². The first-order chi connectivity index (χ1) is 64.0. The van der Waals surface area contributed by atoms with E-state index in [4.69, 9.17) is 75.3 Å². The van der Waals surface area contributed by atoms with Crippen molar-refractivity contribution in [2.24, 2.45) is 28.2 Å². The lowest BCUT2D eigenvalue weighted by Gasteiger charge is -2.12. The van der Waals surface area contributed by atoms with Gasteiger partial charge >= 0.3 is 29.8 Å². The molecule has 696 valence electrons. The molecule has 0 radical (unpaired) electrons. The van der Waals surface area contributed by atoms with Crippen molar-refractivity contribution < 1.29 is 99.2 Å². The van der Waals surface area contributed by atoms with Crippen molar-refractivity contribution >= 4 is 137 Å². The molecule has 9 aromatic carbocycles. The molecule has 32 heteroatoms. The Bertz CT molecular complexity index is 6490. The number of pyridine rings is 1. The number of fused-ring (bicyclic) bond motifs is 5. The number of carboxylic acids is 1. The van der Waals surface area contributed by atoms with E-state index in [0.717, 1.165) is 112 Å². The minimum Gasteiger partial charge on any atom is -0.497 e. The largest absolute Gasteiger partial charge is 0.497 e. The van der Waals surface area contributed by atoms with Crippen LogP contribution < -0.4 is 33.2 Å². The smallest absolute Gasteiger partial charge is 0.310 e. The lowest BCUT2D eigenvalue weighted by Crippen LogP contribution is -2.17. The number of hydrogen-bond acceptors (Lipinski definition) is 21. The predicted molar refractivity (Wildman–Crippen MR) is 510 cm³/mol. The van der Waals surface area contributed by atoms with Gasteiger partial charge in [-0.2, -0.15) is 0 Å². The molecule has 6 heterocycles. The van der Waals surface area contributed by atoms with Gasteiger partial charge in [-0.05, 0) is 181 Å². The summed E-state index contributed by atoms with van der Waals surface area (Å²) < 4.78 is 109. The molecule has 0 saturated carbocycles. The lowest BCUT2D eigenvalue weighted by molar-refractivity contribution is -0.140. The molecule has 15 aromatic rings. The minimum absolute atomic E-state index is 0.0168. The van der Waals surface area contributed by atoms with Gasteiger partial charge < -0.3 is 80.4 Å². The van der Waals surface area contributed by atoms with Gasteiger partial charge in [-0.15, -0.1) is 23.5 Å². The monoisotopic (exact) mass is 1890 g/mol. The number of para-hydroxylation sites is 1. The summed E-state index contributed by atoms with van der Waals surface area (Å²) in [6.45, 7) is 1.17. The summed E-state index contributed by atoms with van der Waals surface area (Å²) in [7, 11) is 24.5. The Morgan fingerprint density at radius 2 is 0.759 bits per heavy atom. The highest BCUT2D eigenvalue weighted by Gasteiger charge is 2.29. The minimum atomic E-state index is -1.01. The average Bonchev–Trinajstić information content (AvgIpc) is 2.42. The number of nitrogens with zero attached hydrogens (tertiary/aromatic N) is 7. The van der Waals surface area contributed by atoms with E-state index in [-0.39, 0.29) is 85.7 Å². The quantitative estimate of drug-likeness (QED) is 0.0240. The van der Waals surface area contributed by atoms with Crippen LogP contribution in [-0.4, -0.2) is 158 Å². The van der Waals surface area contributed by atoms with Crippen molar-refractivity contribution in [3.63, 3.8) is 0 Å². The molecule has 0 atom stereocenters. The third-order valence-corrected chi connectivity index (χ3v) is 24.7. The number of esters is 4. The molecule has 0 bridgehead atoms. The van der Waals surface area contributed by atoms with E-state index < -0.39 is 23.4 Å². The Morgan fingerprint density at radius 3 is 1.19 bits per heavy atom. The number of methoxy groups -OCH3 is 9. The van der Waals surface area contributed by atoms with Gasteiger partial charge in [0.1, 0.15) is 36.2 Å². The normalized spacial score (nSPS) is 10.9. The molecule has 0 fully saturated rings. The molecule has 15 rings (SSSR count). The fourth-order valence-corrected chi connectivity index (χ4v) is 17.5. The highest BCUT2D eigenvalue weighted by molar-refractivity contribution is 7.98. The van der Waals surface area contributed by atoms with E-state index in [1.54, 1.807) is 128 Å². The van der Waals surface area contributed by atoms with Gasteiger partial charge in [0.15, 0.2) is 34.7 Å². The fourth-order valence-electron chi connectivity index (χ4n) is 15.3. The molecular formula is C101H102Cl2F3N7O18S2. The van der Waals surface area contributed by atoms with Crippen molar-refractivity contribution in [2.45, 2.75) is 73.0 Å². The summed E-state index contributed by atoms with van der Waals surface area (Å²) in [5.41, 5.74) is 12.4. The van der Waals surface area contributed by atoms with Crippen LogP contribution in [0.4, 0.5) is 13.2 Å². The van der Waals surface area contributed by atoms with Gasteiger partial charge in [-0.3, -0.25) is 38.3 Å². The van der Waals surface area contributed by atoms with Crippen LogP contribution in [0, 0.1) is 17.5 Å². The second-order valence-corrected chi connectivity index (χ2v) is 33.3. The number of carboxylic acid groups (broad SMARTS) is 1. The first-order valence-electron chi connectivity index (χ1n) is 41.6. The zero-order valence-electron chi connectivity index (χ0n) is 76.1. The number of rotatable bonds is 31. The summed E-state index contributed by atoms with van der Waals surface area (Å²) in [5, 5.41) is 14.7. The van der Waals surface area contributed by atoms with Crippen LogP contribution in [0.3, 0.4) is 0 Å². The molecule has 6 aromatic heterocycles. The van der Waals surface area contributed by atoms with Gasteiger partial charge in [-0.25, -0.2) is 13.2 Å². The van der Waals surface area contributed by atoms with Crippen LogP contribution in [0.25, 0.3) is 54.5 Å². The first kappa shape index (κ1) is 100. The first-order valence-corrected chi connectivity index (χ1v) is 44.3. The number of thioether (sulfide) groups is 2. The number of aryl methyl sites for hydroxylation is 4. The SMILES string of the molecule is COC(=O)Cc1c(CCN(C)C)n(C)c2cc(F)c(OC)cc12.COC(=O)Cc1c(COc2ccc(Cl)cc2)n(C)c2ccc(OC)cc12.COC(=O)Cc1c(CSc2ccccc2)n(C)c2cc(F)c(OC)cc12.COC(=O)Cc1c(CSc2cccnc2)n(C)c2cc(F)c(OC)cc12.COc1ccc2c(c1)c(CC(=O)O)c(COc1ccccc1)n2C(=O)c1ccc(Cl)cc1. The topological polar surface area (TPSA) is 265 Å². The number of ether oxygens (including phenoxy) is 11. The van der Waals surface area contributed by atoms with Gasteiger partial charge in [-0.1, -0.05) is 59.6 Å². The van der Waals surface area contributed by atoms with E-state index >= 15 is 0 Å². The number of aromatic nitrogens is 6. The number of carbonyl (C=O) groups excluding carboxylic acids is 5. The van der Waals surface area contributed by atoms with Gasteiger partial charge in [0.2, 0.25) is 0 Å². The summed E-state index contributed by atoms with van der Waals surface area (Å²) in [4.78, 5) is 81.2. The van der Waals surface area contributed by atoms with E-state index in [1.807, 2.05) is 152 Å². The van der Waals surface area contributed by atoms with Gasteiger partial charge in [0, 0.05) is 158 Å². The Balaban J connectivity index is 0.000000161. The molecular weight excluding hydrogens is 1790 g/mol. The van der Waals surface area contributed by atoms with E-state index in [9.17, 15) is 47.0 Å². The van der Waals surface area contributed by atoms with Crippen molar-refractivity contribution in [2.75, 3.05) is 84.6 Å². The molecule has 133 heavy (non-hydrogen) atoms. The standard InChI is InChI=1S/C25H20ClNO5.C20H20ClNO4.C20H20FNO3S.C19H19FN2O3S.C17H23FN2O3/c1-31-19-11-12-22-20(13-19)21(14-24(28)29)23(15-32-18-5-3-2-4-6-18)27(22)25(30)16-7-9-17(26)10-8-16;1-22-18-9-8-15(24-2)10-16(18)17(11-20(23)25-3)19(22)12-26-14-6-4-13(21)5-7-14;1-22-17-11-16(21)19(24-2)9-14(17)15(10-20(23)25-3)18(22)12-26-13-7-5-4-6-8-13;1-22-16-9-15(20)18(24-2)7-13(16)14(8-19(23)25-3)17(22)11-26-12-5-4-6-21-10-12;1-19(2)7-6-14-12(9-17(21)23-5)11-8-16(22-4)13(18)10-15(11)20(14)3/h2-13H,14-15H2,1H3,(H,28,29);4-10H,11-12H2,1-3H3;4-9,11H,10,12H2,1-3H3;4-7,9-10H,8,11H2,1-3H3;8,10H,6-7,9H2,1-5H3. The Kier molecular flexibility index (Phi) is 35.4. The van der Waals surface area contributed by atoms with Crippen molar-refractivity contribution in [3.05, 3.63) is 296 Å². The van der Waals surface area contributed by atoms with E-state index in [2.05, 4.69) is 9.88 Å². The second-order valence-electron chi connectivity index (χ2n) is 30.3. The predicted octanol–water partition coefficient (Wildman–Crippen LogP) is 19.5. The summed E-state index contributed by atoms with van der Waals surface area (Å²) in [5.74, 6) is 0.531. The van der Waals surface area contributed by atoms with Crippen LogP contribution >= 0.6 is 46.7 Å². The van der Waals surface area contributed by atoms with Crippen LogP contribution in [0.15, 0.2) is 216 Å². The van der Waals surface area contributed by atoms with Crippen molar-refractivity contribution in [1.82, 2.24) is 32.7 Å². The average molecular weight is 1890 g/mol. The summed E-state index contributed by atoms with van der Waals surface area (Å²) in [6.07, 6.45) is 4.58. The third-order valence-electron chi connectivity index (χ3n) is 22.2. The molecule has 0 amide bonds. The third kappa shape index (κ3) is 24.6. The zero-order chi connectivity index (χ0) is 95.9. The Labute approximate surface area is 785 Å². The molecule has 1 N–H and O–H groups in total. The van der Waals surface area contributed by atoms with Crippen LogP contribution in [-0.2, 0) is 134 Å². The second kappa shape index (κ2) is 47.0. The van der Waals surface area contributed by atoms with E-state index in [1.165, 1.54) is 79.6 Å². The van der Waals surface area contributed by atoms with Crippen LogP contribution in [0.1, 0.15) is 66.6 Å². The number of hydrogen-bond donors (Lipinski definition) is 1. The zero-order valence-corrected chi connectivity index (χ0v) is 79.3. The Hall–Kier alpha value is -13.5. The number of likely N-dealkylation sites (N-methyl/N-ethyl adjacent to an activating group) is 1. The fraction of sp³-hybridized carbons (Fsp3) is 0.257. The van der Waals surface area contributed by atoms with Crippen molar-refractivity contribution in [1.29, 1.82) is 0 Å². The lowest BCUT2D eigenvalue weighted by atomic mass is 10.1.